The number of nitrogens with zero attached hydrogens (tertiary/aromatic N) is 1. The van der Waals surface area contributed by atoms with Crippen molar-refractivity contribution >= 4 is 29.9 Å². The van der Waals surface area contributed by atoms with Crippen molar-refractivity contribution in [1.29, 1.82) is 0 Å². The van der Waals surface area contributed by atoms with Crippen LogP contribution in [-0.2, 0) is 19.1 Å². The summed E-state index contributed by atoms with van der Waals surface area (Å²) in [7, 11) is 0. The van der Waals surface area contributed by atoms with Crippen LogP contribution in [0.4, 0.5) is 0 Å². The molecular formula is C14H17NO4S. The summed E-state index contributed by atoms with van der Waals surface area (Å²) in [5, 5.41) is 1.97. The molecule has 5 nitrogen and oxygen atoms in total. The Morgan fingerprint density at radius 1 is 1.30 bits per heavy atom. The molecule has 2 atom stereocenters. The fourth-order valence-corrected chi connectivity index (χ4v) is 3.16. The number of esters is 2. The quantitative estimate of drug-likeness (QED) is 0.739. The SMILES string of the molecule is CCOC(=O)C1=C(C(=O)OCC)C2CSC=CC2N=C1. The van der Waals surface area contributed by atoms with E-state index in [0.29, 0.717) is 11.3 Å². The van der Waals surface area contributed by atoms with Crippen LogP contribution in [-0.4, -0.2) is 43.2 Å². The van der Waals surface area contributed by atoms with Crippen molar-refractivity contribution in [2.45, 2.75) is 19.9 Å². The number of carbonyl (C=O) groups excluding carboxylic acids is 2. The van der Waals surface area contributed by atoms with Crippen LogP contribution < -0.4 is 0 Å². The number of carbonyl (C=O) groups is 2. The second-order valence-corrected chi connectivity index (χ2v) is 5.24. The lowest BCUT2D eigenvalue weighted by molar-refractivity contribution is -0.142. The zero-order valence-electron chi connectivity index (χ0n) is 11.5. The van der Waals surface area contributed by atoms with E-state index >= 15 is 0 Å². The lowest BCUT2D eigenvalue weighted by Crippen LogP contribution is -2.34. The zero-order valence-corrected chi connectivity index (χ0v) is 12.3. The van der Waals surface area contributed by atoms with Gasteiger partial charge in [0, 0.05) is 17.9 Å². The Labute approximate surface area is 122 Å². The van der Waals surface area contributed by atoms with Gasteiger partial charge < -0.3 is 9.47 Å². The van der Waals surface area contributed by atoms with E-state index in [1.807, 2.05) is 11.5 Å². The topological polar surface area (TPSA) is 65.0 Å². The summed E-state index contributed by atoms with van der Waals surface area (Å²) in [6.07, 6.45) is 3.38. The van der Waals surface area contributed by atoms with Gasteiger partial charge in [-0.3, -0.25) is 4.99 Å². The number of aliphatic imine (C=N–C) groups is 1. The summed E-state index contributed by atoms with van der Waals surface area (Å²) in [6.45, 7) is 4.00. The Morgan fingerprint density at radius 2 is 2.00 bits per heavy atom. The van der Waals surface area contributed by atoms with Crippen LogP contribution in [0, 0.1) is 5.92 Å². The fourth-order valence-electron chi connectivity index (χ4n) is 2.21. The third-order valence-electron chi connectivity index (χ3n) is 3.09. The fraction of sp³-hybridized carbons (Fsp3) is 0.500. The van der Waals surface area contributed by atoms with Gasteiger partial charge in [0.1, 0.15) is 0 Å². The highest BCUT2D eigenvalue weighted by Gasteiger charge is 2.37. The monoisotopic (exact) mass is 295 g/mol. The molecule has 2 heterocycles. The van der Waals surface area contributed by atoms with Crippen molar-refractivity contribution in [2.24, 2.45) is 10.9 Å². The molecule has 0 fully saturated rings. The largest absolute Gasteiger partial charge is 0.463 e. The average molecular weight is 295 g/mol. The normalized spacial score (nSPS) is 24.3. The third-order valence-corrected chi connectivity index (χ3v) is 3.99. The van der Waals surface area contributed by atoms with Crippen molar-refractivity contribution in [3.8, 4) is 0 Å². The van der Waals surface area contributed by atoms with Crippen LogP contribution in [0.1, 0.15) is 13.8 Å². The molecule has 0 saturated carbocycles. The van der Waals surface area contributed by atoms with Crippen molar-refractivity contribution < 1.29 is 19.1 Å². The molecule has 0 saturated heterocycles. The van der Waals surface area contributed by atoms with Crippen molar-refractivity contribution in [2.75, 3.05) is 19.0 Å². The highest BCUT2D eigenvalue weighted by molar-refractivity contribution is 8.02. The number of ether oxygens (including phenoxy) is 2. The molecule has 2 aliphatic heterocycles. The Kier molecular flexibility index (Phi) is 5.00. The standard InChI is InChI=1S/C14H17NO4S/c1-3-18-13(16)9-7-15-11-5-6-20-8-10(11)12(9)14(17)19-4-2/h5-7,10-11H,3-4,8H2,1-2H3. The minimum absolute atomic E-state index is 0.103. The Hall–Kier alpha value is -1.56. The van der Waals surface area contributed by atoms with E-state index in [2.05, 4.69) is 4.99 Å². The van der Waals surface area contributed by atoms with Gasteiger partial charge in [0.15, 0.2) is 0 Å². The highest BCUT2D eigenvalue weighted by atomic mass is 32.2. The molecule has 20 heavy (non-hydrogen) atoms. The molecule has 0 radical (unpaired) electrons. The number of thioether (sulfide) groups is 1. The molecule has 108 valence electrons. The smallest absolute Gasteiger partial charge is 0.340 e. The maximum Gasteiger partial charge on any atom is 0.340 e. The van der Waals surface area contributed by atoms with Crippen LogP contribution >= 0.6 is 11.8 Å². The summed E-state index contributed by atoms with van der Waals surface area (Å²) < 4.78 is 10.1. The molecule has 0 aromatic rings. The van der Waals surface area contributed by atoms with Crippen LogP contribution in [0.15, 0.2) is 27.6 Å². The highest BCUT2D eigenvalue weighted by Crippen LogP contribution is 2.34. The first kappa shape index (κ1) is 14.8. The van der Waals surface area contributed by atoms with Crippen LogP contribution in [0.3, 0.4) is 0 Å². The summed E-state index contributed by atoms with van der Waals surface area (Å²) >= 11 is 1.60. The summed E-state index contributed by atoms with van der Waals surface area (Å²) in [5.74, 6) is -0.395. The van der Waals surface area contributed by atoms with Crippen molar-refractivity contribution in [3.05, 3.63) is 22.6 Å². The van der Waals surface area contributed by atoms with E-state index in [1.165, 1.54) is 6.21 Å². The van der Waals surface area contributed by atoms with Gasteiger partial charge in [-0.1, -0.05) is 6.08 Å². The van der Waals surface area contributed by atoms with E-state index in [1.54, 1.807) is 25.6 Å². The number of dihydropyridines is 1. The molecule has 0 spiro atoms. The Balaban J connectivity index is 2.39. The molecule has 0 bridgehead atoms. The average Bonchev–Trinajstić information content (AvgIpc) is 2.46. The second kappa shape index (κ2) is 6.74. The van der Waals surface area contributed by atoms with Gasteiger partial charge in [-0.15, -0.1) is 11.8 Å². The molecule has 2 unspecified atom stereocenters. The first-order valence-electron chi connectivity index (χ1n) is 6.58. The summed E-state index contributed by atoms with van der Waals surface area (Å²) in [4.78, 5) is 28.5. The first-order valence-corrected chi connectivity index (χ1v) is 7.63. The maximum absolute atomic E-state index is 12.2. The van der Waals surface area contributed by atoms with E-state index in [4.69, 9.17) is 9.47 Å². The minimum Gasteiger partial charge on any atom is -0.463 e. The predicted molar refractivity (Wildman–Crippen MR) is 77.7 cm³/mol. The molecule has 0 aromatic heterocycles. The maximum atomic E-state index is 12.2. The second-order valence-electron chi connectivity index (χ2n) is 4.31. The molecule has 6 heteroatoms. The van der Waals surface area contributed by atoms with Crippen LogP contribution in [0.25, 0.3) is 0 Å². The predicted octanol–water partition coefficient (Wildman–Crippen LogP) is 1.74. The zero-order chi connectivity index (χ0) is 14.5. The van der Waals surface area contributed by atoms with Gasteiger partial charge >= 0.3 is 11.9 Å². The van der Waals surface area contributed by atoms with Gasteiger partial charge in [0.25, 0.3) is 0 Å². The number of rotatable bonds is 4. The van der Waals surface area contributed by atoms with Crippen LogP contribution in [0.2, 0.25) is 0 Å². The van der Waals surface area contributed by atoms with Crippen molar-refractivity contribution in [3.63, 3.8) is 0 Å². The van der Waals surface area contributed by atoms with Crippen LogP contribution in [0.5, 0.6) is 0 Å². The Morgan fingerprint density at radius 3 is 2.70 bits per heavy atom. The minimum atomic E-state index is -0.516. The molecular weight excluding hydrogens is 278 g/mol. The van der Waals surface area contributed by atoms with E-state index in [9.17, 15) is 9.59 Å². The molecule has 2 rings (SSSR count). The van der Waals surface area contributed by atoms with Gasteiger partial charge in [0.2, 0.25) is 0 Å². The van der Waals surface area contributed by atoms with Gasteiger partial charge in [-0.2, -0.15) is 0 Å². The number of hydrogen-bond donors (Lipinski definition) is 0. The van der Waals surface area contributed by atoms with Gasteiger partial charge in [0.05, 0.1) is 30.4 Å². The van der Waals surface area contributed by atoms with E-state index in [-0.39, 0.29) is 30.7 Å². The molecule has 2 aliphatic rings. The summed E-state index contributed by atoms with van der Waals surface area (Å²) in [6, 6.07) is -0.103. The Bertz CT molecular complexity index is 495. The molecule has 0 aliphatic carbocycles. The molecule has 0 aromatic carbocycles. The lowest BCUT2D eigenvalue weighted by atomic mass is 9.87. The number of fused-ring (bicyclic) bond motifs is 1. The lowest BCUT2D eigenvalue weighted by Gasteiger charge is -2.29. The van der Waals surface area contributed by atoms with Crippen molar-refractivity contribution in [1.82, 2.24) is 0 Å². The number of hydrogen-bond acceptors (Lipinski definition) is 6. The van der Waals surface area contributed by atoms with E-state index < -0.39 is 11.9 Å². The molecule has 0 N–H and O–H groups in total. The first-order chi connectivity index (χ1) is 9.69. The summed E-state index contributed by atoms with van der Waals surface area (Å²) in [5.41, 5.74) is 0.615. The van der Waals surface area contributed by atoms with Gasteiger partial charge in [-0.05, 0) is 19.3 Å². The van der Waals surface area contributed by atoms with E-state index in [0.717, 1.165) is 0 Å². The third kappa shape index (κ3) is 2.95. The van der Waals surface area contributed by atoms with Gasteiger partial charge in [-0.25, -0.2) is 9.59 Å². The molecule has 0 amide bonds.